The molecule has 0 fully saturated rings. The molecule has 0 aliphatic rings. The maximum atomic E-state index is 11.4. The number of nitrogens with zero attached hydrogens (tertiary/aromatic N) is 1. The molecule has 114 valence electrons. The predicted molar refractivity (Wildman–Crippen MR) is 78.2 cm³/mol. The summed E-state index contributed by atoms with van der Waals surface area (Å²) in [6.45, 7) is 0.903. The first kappa shape index (κ1) is 16.6. The van der Waals surface area contributed by atoms with Gasteiger partial charge in [0.2, 0.25) is 0 Å². The molecule has 0 aliphatic carbocycles. The van der Waals surface area contributed by atoms with E-state index >= 15 is 0 Å². The van der Waals surface area contributed by atoms with E-state index in [1.165, 1.54) is 6.21 Å². The van der Waals surface area contributed by atoms with Gasteiger partial charge in [-0.1, -0.05) is 0 Å². The quantitative estimate of drug-likeness (QED) is 0.327. The fourth-order valence-corrected chi connectivity index (χ4v) is 1.40. The van der Waals surface area contributed by atoms with E-state index in [0.29, 0.717) is 19.6 Å². The van der Waals surface area contributed by atoms with Gasteiger partial charge >= 0.3 is 11.8 Å². The van der Waals surface area contributed by atoms with Crippen LogP contribution in [-0.2, 0) is 14.3 Å². The fourth-order valence-electron chi connectivity index (χ4n) is 1.40. The van der Waals surface area contributed by atoms with E-state index in [4.69, 9.17) is 9.47 Å². The molecule has 1 aromatic rings. The third kappa shape index (κ3) is 6.53. The number of carbonyl (C=O) groups is 2. The Bertz CT molecular complexity index is 485. The molecule has 7 nitrogen and oxygen atoms in total. The van der Waals surface area contributed by atoms with Crippen molar-refractivity contribution in [2.24, 2.45) is 5.10 Å². The van der Waals surface area contributed by atoms with E-state index in [1.807, 2.05) is 0 Å². The molecule has 0 unspecified atom stereocenters. The van der Waals surface area contributed by atoms with Crippen LogP contribution in [0.25, 0.3) is 0 Å². The molecule has 1 rings (SSSR count). The summed E-state index contributed by atoms with van der Waals surface area (Å²) in [6.07, 6.45) is 2.08. The van der Waals surface area contributed by atoms with E-state index in [-0.39, 0.29) is 0 Å². The van der Waals surface area contributed by atoms with Gasteiger partial charge in [0.15, 0.2) is 0 Å². The van der Waals surface area contributed by atoms with Crippen LogP contribution in [-0.4, -0.2) is 45.4 Å². The van der Waals surface area contributed by atoms with Gasteiger partial charge < -0.3 is 14.8 Å². The van der Waals surface area contributed by atoms with Crippen molar-refractivity contribution >= 4 is 18.0 Å². The van der Waals surface area contributed by atoms with Crippen molar-refractivity contribution in [3.63, 3.8) is 0 Å². The summed E-state index contributed by atoms with van der Waals surface area (Å²) in [6, 6.07) is 7.09. The molecule has 21 heavy (non-hydrogen) atoms. The third-order valence-corrected chi connectivity index (χ3v) is 2.51. The molecule has 0 heterocycles. The van der Waals surface area contributed by atoms with E-state index in [9.17, 15) is 9.59 Å². The summed E-state index contributed by atoms with van der Waals surface area (Å²) < 4.78 is 9.85. The highest BCUT2D eigenvalue weighted by atomic mass is 16.5. The molecule has 0 radical (unpaired) electrons. The Morgan fingerprint density at radius 1 is 1.19 bits per heavy atom. The molecule has 0 atom stereocenters. The summed E-state index contributed by atoms with van der Waals surface area (Å²) in [5, 5.41) is 6.17. The molecule has 0 aromatic heterocycles. The first-order valence-corrected chi connectivity index (χ1v) is 6.41. The number of nitrogens with one attached hydrogen (secondary N) is 2. The number of amides is 2. The Morgan fingerprint density at radius 3 is 2.52 bits per heavy atom. The maximum Gasteiger partial charge on any atom is 0.329 e. The Kier molecular flexibility index (Phi) is 7.52. The number of carbonyl (C=O) groups excluding carboxylic acids is 2. The van der Waals surface area contributed by atoms with Crippen LogP contribution in [0.5, 0.6) is 5.75 Å². The van der Waals surface area contributed by atoms with E-state index in [2.05, 4.69) is 15.8 Å². The zero-order valence-corrected chi connectivity index (χ0v) is 12.1. The third-order valence-electron chi connectivity index (χ3n) is 2.51. The topological polar surface area (TPSA) is 89.0 Å². The van der Waals surface area contributed by atoms with Crippen molar-refractivity contribution in [2.75, 3.05) is 27.4 Å². The number of hydrogen-bond donors (Lipinski definition) is 2. The van der Waals surface area contributed by atoms with Gasteiger partial charge in [-0.05, 0) is 36.2 Å². The second kappa shape index (κ2) is 9.49. The van der Waals surface area contributed by atoms with Crippen molar-refractivity contribution in [2.45, 2.75) is 6.42 Å². The monoisotopic (exact) mass is 293 g/mol. The number of benzene rings is 1. The minimum Gasteiger partial charge on any atom is -0.497 e. The largest absolute Gasteiger partial charge is 0.497 e. The lowest BCUT2D eigenvalue weighted by Gasteiger charge is -2.03. The lowest BCUT2D eigenvalue weighted by atomic mass is 10.2. The van der Waals surface area contributed by atoms with Gasteiger partial charge in [-0.3, -0.25) is 9.59 Å². The van der Waals surface area contributed by atoms with Gasteiger partial charge in [-0.25, -0.2) is 5.43 Å². The van der Waals surface area contributed by atoms with Crippen LogP contribution in [0.4, 0.5) is 0 Å². The summed E-state index contributed by atoms with van der Waals surface area (Å²) in [5.74, 6) is -0.804. The standard InChI is InChI=1S/C14H19N3O4/c1-20-9-3-8-15-13(18)14(19)17-16-10-11-4-6-12(21-2)7-5-11/h4-7,10H,3,8-9H2,1-2H3,(H,15,18)(H,17,19)/b16-10-. The number of methoxy groups -OCH3 is 2. The van der Waals surface area contributed by atoms with Gasteiger partial charge in [0, 0.05) is 20.3 Å². The van der Waals surface area contributed by atoms with Gasteiger partial charge in [-0.15, -0.1) is 0 Å². The zero-order valence-electron chi connectivity index (χ0n) is 12.1. The molecule has 2 amide bonds. The Morgan fingerprint density at radius 2 is 1.90 bits per heavy atom. The van der Waals surface area contributed by atoms with Crippen molar-refractivity contribution in [1.29, 1.82) is 0 Å². The lowest BCUT2D eigenvalue weighted by Crippen LogP contribution is -2.38. The first-order chi connectivity index (χ1) is 10.2. The van der Waals surface area contributed by atoms with Gasteiger partial charge in [0.25, 0.3) is 0 Å². The van der Waals surface area contributed by atoms with Crippen LogP contribution >= 0.6 is 0 Å². The zero-order chi connectivity index (χ0) is 15.5. The van der Waals surface area contributed by atoms with Crippen LogP contribution in [0.2, 0.25) is 0 Å². The van der Waals surface area contributed by atoms with Crippen molar-refractivity contribution in [3.05, 3.63) is 29.8 Å². The van der Waals surface area contributed by atoms with Crippen LogP contribution in [0, 0.1) is 0 Å². The molecule has 1 aromatic carbocycles. The number of hydrogen-bond acceptors (Lipinski definition) is 5. The summed E-state index contributed by atoms with van der Waals surface area (Å²) >= 11 is 0. The molecule has 0 aliphatic heterocycles. The van der Waals surface area contributed by atoms with Crippen molar-refractivity contribution in [1.82, 2.24) is 10.7 Å². The van der Waals surface area contributed by atoms with Crippen molar-refractivity contribution < 1.29 is 19.1 Å². The summed E-state index contributed by atoms with van der Waals surface area (Å²) in [7, 11) is 3.15. The molecule has 0 saturated carbocycles. The summed E-state index contributed by atoms with van der Waals surface area (Å²) in [4.78, 5) is 22.8. The van der Waals surface area contributed by atoms with Crippen LogP contribution in [0.15, 0.2) is 29.4 Å². The first-order valence-electron chi connectivity index (χ1n) is 6.41. The fraction of sp³-hybridized carbons (Fsp3) is 0.357. The minimum absolute atomic E-state index is 0.377. The SMILES string of the molecule is COCCCNC(=O)C(=O)N/N=C\c1ccc(OC)cc1. The number of hydrazone groups is 1. The molecular weight excluding hydrogens is 274 g/mol. The number of ether oxygens (including phenoxy) is 2. The van der Waals surface area contributed by atoms with Gasteiger partial charge in [0.1, 0.15) is 5.75 Å². The highest BCUT2D eigenvalue weighted by Gasteiger charge is 2.10. The van der Waals surface area contributed by atoms with Crippen LogP contribution in [0.1, 0.15) is 12.0 Å². The molecule has 0 bridgehead atoms. The second-order valence-corrected chi connectivity index (χ2v) is 4.07. The number of rotatable bonds is 7. The Balaban J connectivity index is 2.33. The molecular formula is C14H19N3O4. The smallest absolute Gasteiger partial charge is 0.329 e. The average Bonchev–Trinajstić information content (AvgIpc) is 2.52. The van der Waals surface area contributed by atoms with Gasteiger partial charge in [-0.2, -0.15) is 5.10 Å². The van der Waals surface area contributed by atoms with E-state index in [0.717, 1.165) is 11.3 Å². The lowest BCUT2D eigenvalue weighted by molar-refractivity contribution is -0.139. The highest BCUT2D eigenvalue weighted by molar-refractivity contribution is 6.35. The van der Waals surface area contributed by atoms with Crippen molar-refractivity contribution in [3.8, 4) is 5.75 Å². The molecule has 2 N–H and O–H groups in total. The normalized spacial score (nSPS) is 10.4. The Labute approximate surface area is 123 Å². The van der Waals surface area contributed by atoms with Crippen LogP contribution < -0.4 is 15.5 Å². The minimum atomic E-state index is -0.808. The van der Waals surface area contributed by atoms with Crippen LogP contribution in [0.3, 0.4) is 0 Å². The maximum absolute atomic E-state index is 11.4. The molecule has 7 heteroatoms. The summed E-state index contributed by atoms with van der Waals surface area (Å²) in [5.41, 5.74) is 2.93. The van der Waals surface area contributed by atoms with Gasteiger partial charge in [0.05, 0.1) is 13.3 Å². The van der Waals surface area contributed by atoms with E-state index in [1.54, 1.807) is 38.5 Å². The Hall–Kier alpha value is -2.41. The second-order valence-electron chi connectivity index (χ2n) is 4.07. The molecule has 0 saturated heterocycles. The van der Waals surface area contributed by atoms with E-state index < -0.39 is 11.8 Å². The average molecular weight is 293 g/mol. The molecule has 0 spiro atoms. The highest BCUT2D eigenvalue weighted by Crippen LogP contribution is 2.09. The predicted octanol–water partition coefficient (Wildman–Crippen LogP) is 0.298.